The standard InChI is InChI=1S/C18H20N2O3/c1-22-13-7-12-5-6-20-10-14-11(3-4-16(21)18(14)23-2)8-15(20)17(12)19-9-13/h3-4,7,9,15,21H,5-6,8,10H2,1-2H3/t15-/m0/s1. The molecule has 0 unspecified atom stereocenters. The van der Waals surface area contributed by atoms with E-state index in [0.717, 1.165) is 42.9 Å². The maximum Gasteiger partial charge on any atom is 0.165 e. The highest BCUT2D eigenvalue weighted by Crippen LogP contribution is 2.43. The summed E-state index contributed by atoms with van der Waals surface area (Å²) in [5.41, 5.74) is 4.75. The molecule has 0 bridgehead atoms. The molecule has 1 aromatic heterocycles. The lowest BCUT2D eigenvalue weighted by Crippen LogP contribution is -2.40. The Bertz CT molecular complexity index is 760. The first-order valence-electron chi connectivity index (χ1n) is 7.86. The van der Waals surface area contributed by atoms with Crippen LogP contribution in [-0.4, -0.2) is 35.8 Å². The van der Waals surface area contributed by atoms with E-state index in [1.54, 1.807) is 26.5 Å². The topological polar surface area (TPSA) is 54.8 Å². The predicted octanol–water partition coefficient (Wildman–Crippen LogP) is 2.46. The lowest BCUT2D eigenvalue weighted by atomic mass is 9.86. The number of nitrogens with zero attached hydrogens (tertiary/aromatic N) is 2. The van der Waals surface area contributed by atoms with Gasteiger partial charge in [0.25, 0.3) is 0 Å². The smallest absolute Gasteiger partial charge is 0.165 e. The average Bonchev–Trinajstić information content (AvgIpc) is 2.59. The number of hydrogen-bond donors (Lipinski definition) is 1. The van der Waals surface area contributed by atoms with Gasteiger partial charge in [0.1, 0.15) is 5.75 Å². The monoisotopic (exact) mass is 312 g/mol. The number of ether oxygens (including phenoxy) is 2. The normalized spacial score (nSPS) is 19.5. The van der Waals surface area contributed by atoms with Crippen molar-refractivity contribution in [2.24, 2.45) is 0 Å². The first-order valence-corrected chi connectivity index (χ1v) is 7.86. The molecule has 0 fully saturated rings. The third-order valence-electron chi connectivity index (χ3n) is 4.95. The number of benzene rings is 1. The van der Waals surface area contributed by atoms with Crippen LogP contribution in [0, 0.1) is 0 Å². The molecule has 0 spiro atoms. The van der Waals surface area contributed by atoms with Crippen molar-refractivity contribution in [3.63, 3.8) is 0 Å². The van der Waals surface area contributed by atoms with Crippen molar-refractivity contribution in [2.45, 2.75) is 25.4 Å². The number of fused-ring (bicyclic) bond motifs is 4. The molecule has 2 aromatic rings. The van der Waals surface area contributed by atoms with E-state index in [9.17, 15) is 5.11 Å². The lowest BCUT2D eigenvalue weighted by Gasteiger charge is -2.41. The molecule has 0 amide bonds. The molecule has 3 heterocycles. The number of rotatable bonds is 2. The Morgan fingerprint density at radius 2 is 2.09 bits per heavy atom. The minimum atomic E-state index is 0.213. The number of aromatic nitrogens is 1. The van der Waals surface area contributed by atoms with Crippen LogP contribution in [0.5, 0.6) is 17.2 Å². The predicted molar refractivity (Wildman–Crippen MR) is 86.0 cm³/mol. The Hall–Kier alpha value is -2.27. The van der Waals surface area contributed by atoms with Gasteiger partial charge in [-0.25, -0.2) is 0 Å². The highest BCUT2D eigenvalue weighted by Gasteiger charge is 2.34. The summed E-state index contributed by atoms with van der Waals surface area (Å²) in [5.74, 6) is 1.64. The zero-order chi connectivity index (χ0) is 16.0. The zero-order valence-electron chi connectivity index (χ0n) is 13.4. The van der Waals surface area contributed by atoms with Crippen molar-refractivity contribution in [3.05, 3.63) is 46.8 Å². The summed E-state index contributed by atoms with van der Waals surface area (Å²) in [5, 5.41) is 10.0. The van der Waals surface area contributed by atoms with Gasteiger partial charge in [-0.1, -0.05) is 6.07 Å². The number of methoxy groups -OCH3 is 2. The van der Waals surface area contributed by atoms with Gasteiger partial charge in [-0.15, -0.1) is 0 Å². The van der Waals surface area contributed by atoms with Crippen molar-refractivity contribution in [3.8, 4) is 17.2 Å². The summed E-state index contributed by atoms with van der Waals surface area (Å²) >= 11 is 0. The highest BCUT2D eigenvalue weighted by atomic mass is 16.5. The summed E-state index contributed by atoms with van der Waals surface area (Å²) in [4.78, 5) is 7.08. The summed E-state index contributed by atoms with van der Waals surface area (Å²) in [6.45, 7) is 1.76. The molecule has 1 N–H and O–H groups in total. The molecule has 2 aliphatic rings. The van der Waals surface area contributed by atoms with Gasteiger partial charge < -0.3 is 14.6 Å². The fourth-order valence-corrected chi connectivity index (χ4v) is 3.78. The maximum atomic E-state index is 10.0. The van der Waals surface area contributed by atoms with Crippen LogP contribution in [0.3, 0.4) is 0 Å². The average molecular weight is 312 g/mol. The molecule has 5 heteroatoms. The van der Waals surface area contributed by atoms with E-state index in [0.29, 0.717) is 5.75 Å². The van der Waals surface area contributed by atoms with Gasteiger partial charge in [-0.2, -0.15) is 0 Å². The molecule has 0 saturated heterocycles. The van der Waals surface area contributed by atoms with Crippen LogP contribution in [0.4, 0.5) is 0 Å². The minimum absolute atomic E-state index is 0.213. The van der Waals surface area contributed by atoms with E-state index in [1.807, 2.05) is 6.07 Å². The molecule has 1 aromatic carbocycles. The van der Waals surface area contributed by atoms with E-state index in [1.165, 1.54) is 11.1 Å². The molecule has 2 aliphatic heterocycles. The van der Waals surface area contributed by atoms with Crippen LogP contribution in [-0.2, 0) is 19.4 Å². The Balaban J connectivity index is 1.75. The number of aromatic hydroxyl groups is 1. The first-order chi connectivity index (χ1) is 11.2. The van der Waals surface area contributed by atoms with Crippen LogP contribution in [0.1, 0.15) is 28.4 Å². The van der Waals surface area contributed by atoms with Gasteiger partial charge in [0.15, 0.2) is 11.5 Å². The number of pyridine rings is 1. The molecular formula is C18H20N2O3. The Morgan fingerprint density at radius 1 is 1.22 bits per heavy atom. The third kappa shape index (κ3) is 2.23. The van der Waals surface area contributed by atoms with Crippen LogP contribution in [0.2, 0.25) is 0 Å². The molecule has 23 heavy (non-hydrogen) atoms. The Morgan fingerprint density at radius 3 is 2.87 bits per heavy atom. The SMILES string of the molecule is COc1cnc2c(c1)CCN1Cc3c(ccc(O)c3OC)C[C@@H]21. The van der Waals surface area contributed by atoms with Crippen LogP contribution in [0.25, 0.3) is 0 Å². The van der Waals surface area contributed by atoms with Crippen molar-refractivity contribution >= 4 is 0 Å². The number of hydrogen-bond acceptors (Lipinski definition) is 5. The minimum Gasteiger partial charge on any atom is -0.504 e. The second kappa shape index (κ2) is 5.42. The molecule has 0 saturated carbocycles. The van der Waals surface area contributed by atoms with Crippen molar-refractivity contribution < 1.29 is 14.6 Å². The van der Waals surface area contributed by atoms with Gasteiger partial charge in [-0.3, -0.25) is 9.88 Å². The van der Waals surface area contributed by atoms with Crippen LogP contribution >= 0.6 is 0 Å². The largest absolute Gasteiger partial charge is 0.504 e. The summed E-state index contributed by atoms with van der Waals surface area (Å²) < 4.78 is 10.7. The highest BCUT2D eigenvalue weighted by molar-refractivity contribution is 5.52. The summed E-state index contributed by atoms with van der Waals surface area (Å²) in [6.07, 6.45) is 3.65. The fraction of sp³-hybridized carbons (Fsp3) is 0.389. The molecule has 0 radical (unpaired) electrons. The maximum absolute atomic E-state index is 10.0. The number of phenolic OH excluding ortho intramolecular Hbond substituents is 1. The van der Waals surface area contributed by atoms with Gasteiger partial charge in [0.2, 0.25) is 0 Å². The quantitative estimate of drug-likeness (QED) is 0.923. The van der Waals surface area contributed by atoms with E-state index >= 15 is 0 Å². The van der Waals surface area contributed by atoms with Gasteiger partial charge in [0.05, 0.1) is 32.2 Å². The Labute approximate surface area is 135 Å². The molecule has 120 valence electrons. The summed E-state index contributed by atoms with van der Waals surface area (Å²) in [6, 6.07) is 6.11. The summed E-state index contributed by atoms with van der Waals surface area (Å²) in [7, 11) is 3.29. The molecule has 5 nitrogen and oxygen atoms in total. The second-order valence-corrected chi connectivity index (χ2v) is 6.12. The molecular weight excluding hydrogens is 292 g/mol. The molecule has 4 rings (SSSR count). The van der Waals surface area contributed by atoms with Crippen molar-refractivity contribution in [1.29, 1.82) is 0 Å². The van der Waals surface area contributed by atoms with Crippen LogP contribution in [0.15, 0.2) is 24.4 Å². The van der Waals surface area contributed by atoms with Crippen molar-refractivity contribution in [2.75, 3.05) is 20.8 Å². The Kier molecular flexibility index (Phi) is 3.38. The van der Waals surface area contributed by atoms with Crippen LogP contribution < -0.4 is 9.47 Å². The van der Waals surface area contributed by atoms with Gasteiger partial charge in [0, 0.05) is 18.7 Å². The third-order valence-corrected chi connectivity index (χ3v) is 4.95. The molecule has 1 atom stereocenters. The first kappa shape index (κ1) is 14.3. The van der Waals surface area contributed by atoms with Gasteiger partial charge in [-0.05, 0) is 36.1 Å². The van der Waals surface area contributed by atoms with Crippen molar-refractivity contribution in [1.82, 2.24) is 9.88 Å². The van der Waals surface area contributed by atoms with E-state index in [4.69, 9.17) is 9.47 Å². The lowest BCUT2D eigenvalue weighted by molar-refractivity contribution is 0.153. The van der Waals surface area contributed by atoms with Gasteiger partial charge >= 0.3 is 0 Å². The van der Waals surface area contributed by atoms with E-state index < -0.39 is 0 Å². The molecule has 0 aliphatic carbocycles. The second-order valence-electron chi connectivity index (χ2n) is 6.12. The number of phenols is 1. The zero-order valence-corrected chi connectivity index (χ0v) is 13.4. The fourth-order valence-electron chi connectivity index (χ4n) is 3.78. The van der Waals surface area contributed by atoms with E-state index in [-0.39, 0.29) is 11.8 Å². The van der Waals surface area contributed by atoms with E-state index in [2.05, 4.69) is 16.0 Å².